The van der Waals surface area contributed by atoms with Crippen LogP contribution in [-0.2, 0) is 16.1 Å². The Bertz CT molecular complexity index is 587. The monoisotopic (exact) mass is 336 g/mol. The summed E-state index contributed by atoms with van der Waals surface area (Å²) in [6.45, 7) is 1.99. The van der Waals surface area contributed by atoms with Crippen LogP contribution >= 0.6 is 0 Å². The van der Waals surface area contributed by atoms with Crippen LogP contribution in [0.2, 0.25) is 0 Å². The molecule has 0 aliphatic carbocycles. The topological polar surface area (TPSA) is 130 Å². The third kappa shape index (κ3) is 7.69. The van der Waals surface area contributed by atoms with E-state index in [4.69, 9.17) is 20.7 Å². The molecule has 0 bridgehead atoms. The summed E-state index contributed by atoms with van der Waals surface area (Å²) >= 11 is 0. The average molecular weight is 336 g/mol. The van der Waals surface area contributed by atoms with Crippen molar-refractivity contribution in [2.24, 2.45) is 0 Å². The van der Waals surface area contributed by atoms with Crippen LogP contribution in [0.3, 0.4) is 0 Å². The van der Waals surface area contributed by atoms with Gasteiger partial charge in [0.15, 0.2) is 0 Å². The summed E-state index contributed by atoms with van der Waals surface area (Å²) in [6.07, 6.45) is -4.70. The molecule has 7 nitrogen and oxygen atoms in total. The van der Waals surface area contributed by atoms with Gasteiger partial charge < -0.3 is 21.3 Å². The van der Waals surface area contributed by atoms with Gasteiger partial charge in [0.2, 0.25) is 5.91 Å². The van der Waals surface area contributed by atoms with E-state index in [0.717, 1.165) is 0 Å². The number of benzene rings is 1. The van der Waals surface area contributed by atoms with E-state index >= 15 is 0 Å². The van der Waals surface area contributed by atoms with Crippen LogP contribution in [0.15, 0.2) is 18.2 Å². The number of amides is 1. The zero-order valence-corrected chi connectivity index (χ0v) is 12.0. The number of aliphatic carboxylic acids is 1. The number of aromatic carboxylic acids is 1. The number of alkyl halides is 3. The fourth-order valence-corrected chi connectivity index (χ4v) is 1.21. The van der Waals surface area contributed by atoms with Gasteiger partial charge in [0.25, 0.3) is 0 Å². The van der Waals surface area contributed by atoms with Crippen LogP contribution in [0.4, 0.5) is 18.9 Å². The van der Waals surface area contributed by atoms with E-state index in [-0.39, 0.29) is 18.0 Å². The standard InChI is InChI=1S/C11H14N2O3.C2HF3O2/c1-2-10(14)13-6-8-5-7(11(15)16)3-4-9(8)12;3-2(4,5)1(6)7/h3-5H,2,6,12H2,1H3,(H,13,14)(H,15,16);(H,6,7). The van der Waals surface area contributed by atoms with Crippen molar-refractivity contribution in [1.29, 1.82) is 0 Å². The van der Waals surface area contributed by atoms with Crippen LogP contribution in [-0.4, -0.2) is 34.2 Å². The maximum atomic E-state index is 11.0. The Morgan fingerprint density at radius 2 is 1.74 bits per heavy atom. The lowest BCUT2D eigenvalue weighted by Gasteiger charge is -2.07. The van der Waals surface area contributed by atoms with Gasteiger partial charge in [0.1, 0.15) is 0 Å². The number of hydrogen-bond acceptors (Lipinski definition) is 4. The molecule has 0 saturated carbocycles. The first kappa shape index (κ1) is 20.2. The van der Waals surface area contributed by atoms with Crippen LogP contribution < -0.4 is 11.1 Å². The maximum Gasteiger partial charge on any atom is 0.490 e. The van der Waals surface area contributed by atoms with Gasteiger partial charge in [-0.2, -0.15) is 13.2 Å². The van der Waals surface area contributed by atoms with Gasteiger partial charge in [-0.1, -0.05) is 6.92 Å². The molecule has 128 valence electrons. The van der Waals surface area contributed by atoms with Gasteiger partial charge in [0, 0.05) is 18.7 Å². The average Bonchev–Trinajstić information content (AvgIpc) is 2.45. The third-order valence-corrected chi connectivity index (χ3v) is 2.43. The minimum Gasteiger partial charge on any atom is -0.478 e. The second kappa shape index (κ2) is 8.61. The fourth-order valence-electron chi connectivity index (χ4n) is 1.21. The zero-order chi connectivity index (χ0) is 18.2. The molecular formula is C13H15F3N2O5. The lowest BCUT2D eigenvalue weighted by Crippen LogP contribution is -2.22. The number of carbonyl (C=O) groups is 3. The van der Waals surface area contributed by atoms with E-state index in [0.29, 0.717) is 17.7 Å². The van der Waals surface area contributed by atoms with Crippen molar-refractivity contribution in [2.45, 2.75) is 26.1 Å². The minimum atomic E-state index is -5.08. The summed E-state index contributed by atoms with van der Waals surface area (Å²) in [5, 5.41) is 18.6. The third-order valence-electron chi connectivity index (χ3n) is 2.43. The number of nitrogen functional groups attached to an aromatic ring is 1. The number of carboxylic acid groups (broad SMARTS) is 2. The number of carboxylic acids is 2. The molecule has 0 aliphatic heterocycles. The van der Waals surface area contributed by atoms with E-state index in [1.807, 2.05) is 0 Å². The van der Waals surface area contributed by atoms with E-state index in [9.17, 15) is 22.8 Å². The number of hydrogen-bond donors (Lipinski definition) is 4. The Hall–Kier alpha value is -2.78. The molecule has 0 heterocycles. The molecule has 0 aromatic heterocycles. The van der Waals surface area contributed by atoms with Gasteiger partial charge in [-0.15, -0.1) is 0 Å². The highest BCUT2D eigenvalue weighted by Gasteiger charge is 2.38. The molecule has 0 fully saturated rings. The normalized spacial score (nSPS) is 10.3. The molecule has 0 saturated heterocycles. The number of rotatable bonds is 4. The van der Waals surface area contributed by atoms with Crippen molar-refractivity contribution in [3.8, 4) is 0 Å². The van der Waals surface area contributed by atoms with Crippen molar-refractivity contribution < 1.29 is 37.8 Å². The van der Waals surface area contributed by atoms with Gasteiger partial charge >= 0.3 is 18.1 Å². The minimum absolute atomic E-state index is 0.0971. The maximum absolute atomic E-state index is 11.0. The first-order valence-corrected chi connectivity index (χ1v) is 6.17. The molecule has 0 unspecified atom stereocenters. The molecular weight excluding hydrogens is 321 g/mol. The second-order valence-corrected chi connectivity index (χ2v) is 4.15. The molecule has 1 aromatic rings. The van der Waals surface area contributed by atoms with E-state index < -0.39 is 18.1 Å². The number of anilines is 1. The van der Waals surface area contributed by atoms with Crippen molar-refractivity contribution >= 4 is 23.5 Å². The summed E-state index contributed by atoms with van der Waals surface area (Å²) in [5.41, 5.74) is 6.92. The number of carbonyl (C=O) groups excluding carboxylic acids is 1. The summed E-state index contributed by atoms with van der Waals surface area (Å²) in [6, 6.07) is 4.42. The Balaban J connectivity index is 0.000000585. The Kier molecular flexibility index (Phi) is 7.57. The highest BCUT2D eigenvalue weighted by Crippen LogP contribution is 2.14. The fraction of sp³-hybridized carbons (Fsp3) is 0.308. The summed E-state index contributed by atoms with van der Waals surface area (Å²) in [7, 11) is 0. The first-order valence-electron chi connectivity index (χ1n) is 6.17. The molecule has 10 heteroatoms. The summed E-state index contributed by atoms with van der Waals surface area (Å²) < 4.78 is 31.7. The molecule has 0 aliphatic rings. The molecule has 0 spiro atoms. The molecule has 0 atom stereocenters. The van der Waals surface area contributed by atoms with E-state index in [1.54, 1.807) is 6.92 Å². The van der Waals surface area contributed by atoms with Crippen LogP contribution in [0.1, 0.15) is 29.3 Å². The lowest BCUT2D eigenvalue weighted by molar-refractivity contribution is -0.192. The smallest absolute Gasteiger partial charge is 0.478 e. The zero-order valence-electron chi connectivity index (χ0n) is 12.0. The summed E-state index contributed by atoms with van der Waals surface area (Å²) in [4.78, 5) is 30.7. The van der Waals surface area contributed by atoms with Gasteiger partial charge in [-0.25, -0.2) is 9.59 Å². The number of nitrogens with two attached hydrogens (primary N) is 1. The largest absolute Gasteiger partial charge is 0.490 e. The van der Waals surface area contributed by atoms with Crippen molar-refractivity contribution in [3.05, 3.63) is 29.3 Å². The van der Waals surface area contributed by atoms with Crippen LogP contribution in [0, 0.1) is 0 Å². The van der Waals surface area contributed by atoms with Gasteiger partial charge in [0.05, 0.1) is 5.56 Å². The van der Waals surface area contributed by atoms with Crippen LogP contribution in [0.5, 0.6) is 0 Å². The van der Waals surface area contributed by atoms with Gasteiger partial charge in [-0.05, 0) is 23.8 Å². The van der Waals surface area contributed by atoms with E-state index in [2.05, 4.69) is 5.32 Å². The van der Waals surface area contributed by atoms with Crippen LogP contribution in [0.25, 0.3) is 0 Å². The van der Waals surface area contributed by atoms with Crippen molar-refractivity contribution in [1.82, 2.24) is 5.32 Å². The first-order chi connectivity index (χ1) is 10.5. The molecule has 1 aromatic carbocycles. The van der Waals surface area contributed by atoms with E-state index in [1.165, 1.54) is 18.2 Å². The Morgan fingerprint density at radius 1 is 1.22 bits per heavy atom. The SMILES string of the molecule is CCC(=O)NCc1cc(C(=O)O)ccc1N.O=C(O)C(F)(F)F. The molecule has 23 heavy (non-hydrogen) atoms. The Morgan fingerprint density at radius 3 is 2.13 bits per heavy atom. The molecule has 1 amide bonds. The van der Waals surface area contributed by atoms with Crippen molar-refractivity contribution in [2.75, 3.05) is 5.73 Å². The highest BCUT2D eigenvalue weighted by atomic mass is 19.4. The molecule has 1 rings (SSSR count). The predicted octanol–water partition coefficient (Wildman–Crippen LogP) is 1.63. The lowest BCUT2D eigenvalue weighted by atomic mass is 10.1. The summed E-state index contributed by atoms with van der Waals surface area (Å²) in [5.74, 6) is -3.87. The van der Waals surface area contributed by atoms with Gasteiger partial charge in [-0.3, -0.25) is 4.79 Å². The Labute approximate surface area is 128 Å². The highest BCUT2D eigenvalue weighted by molar-refractivity contribution is 5.88. The number of halogens is 3. The quantitative estimate of drug-likeness (QED) is 0.618. The van der Waals surface area contributed by atoms with Crippen molar-refractivity contribution in [3.63, 3.8) is 0 Å². The second-order valence-electron chi connectivity index (χ2n) is 4.15. The molecule has 0 radical (unpaired) electrons. The molecule has 5 N–H and O–H groups in total. The predicted molar refractivity (Wildman–Crippen MR) is 73.6 cm³/mol. The number of nitrogens with one attached hydrogen (secondary N) is 1.